The van der Waals surface area contributed by atoms with Crippen molar-refractivity contribution in [1.82, 2.24) is 15.0 Å². The monoisotopic (exact) mass is 436 g/mol. The number of halogens is 4. The number of carbonyl (C=O) groups excluding carboxylic acids is 1. The van der Waals surface area contributed by atoms with Crippen molar-refractivity contribution in [2.24, 2.45) is 0 Å². The Balaban J connectivity index is 1.38. The molecule has 10 heteroatoms. The maximum atomic E-state index is 12.6. The van der Waals surface area contributed by atoms with Gasteiger partial charge < -0.3 is 14.3 Å². The summed E-state index contributed by atoms with van der Waals surface area (Å²) in [7, 11) is 1.90. The Morgan fingerprint density at radius 3 is 2.50 bits per heavy atom. The van der Waals surface area contributed by atoms with Crippen molar-refractivity contribution < 1.29 is 22.5 Å². The molecule has 156 valence electrons. The second kappa shape index (κ2) is 7.64. The molecule has 3 aromatic rings. The molecular weight excluding hydrogens is 421 g/mol. The van der Waals surface area contributed by atoms with E-state index in [1.807, 2.05) is 11.9 Å². The molecule has 0 bridgehead atoms. The minimum atomic E-state index is -4.68. The predicted octanol–water partition coefficient (Wildman–Crippen LogP) is 4.37. The summed E-state index contributed by atoms with van der Waals surface area (Å²) in [6.45, 7) is 1.12. The van der Waals surface area contributed by atoms with Crippen LogP contribution in [0.5, 0.6) is 0 Å². The van der Waals surface area contributed by atoms with Gasteiger partial charge in [-0.25, -0.2) is 0 Å². The largest absolute Gasteiger partial charge is 0.471 e. The molecule has 0 N–H and O–H groups in total. The first kappa shape index (κ1) is 20.2. The summed E-state index contributed by atoms with van der Waals surface area (Å²) in [6, 6.07) is 13.7. The fourth-order valence-corrected chi connectivity index (χ4v) is 3.37. The average molecular weight is 437 g/mol. The molecule has 1 saturated heterocycles. The van der Waals surface area contributed by atoms with Gasteiger partial charge in [-0.15, -0.1) is 0 Å². The zero-order valence-corrected chi connectivity index (χ0v) is 16.5. The number of aromatic nitrogens is 2. The number of likely N-dealkylation sites (N-methyl/N-ethyl adjacent to an activating group) is 1. The minimum absolute atomic E-state index is 0.0740. The molecule has 1 fully saturated rings. The maximum absolute atomic E-state index is 12.6. The molecule has 0 saturated carbocycles. The predicted molar refractivity (Wildman–Crippen MR) is 104 cm³/mol. The van der Waals surface area contributed by atoms with Gasteiger partial charge in [0.1, 0.15) is 0 Å². The highest BCUT2D eigenvalue weighted by molar-refractivity contribution is 6.30. The SMILES string of the molecule is CN(c1ccc(-c2noc(C(F)(F)F)n2)cc1)C1CN(C(=O)c2cccc(Cl)c2)C1. The second-order valence-corrected chi connectivity index (χ2v) is 7.39. The third-order valence-electron chi connectivity index (χ3n) is 4.97. The molecule has 0 atom stereocenters. The highest BCUT2D eigenvalue weighted by Crippen LogP contribution is 2.30. The molecule has 2 heterocycles. The second-order valence-electron chi connectivity index (χ2n) is 6.95. The first-order chi connectivity index (χ1) is 14.2. The lowest BCUT2D eigenvalue weighted by Crippen LogP contribution is -2.60. The lowest BCUT2D eigenvalue weighted by atomic mass is 10.0. The number of hydrogen-bond donors (Lipinski definition) is 0. The van der Waals surface area contributed by atoms with Gasteiger partial charge in [-0.2, -0.15) is 18.2 Å². The van der Waals surface area contributed by atoms with E-state index in [9.17, 15) is 18.0 Å². The Labute approximate surface area is 174 Å². The van der Waals surface area contributed by atoms with E-state index < -0.39 is 12.1 Å². The molecule has 2 aromatic carbocycles. The Hall–Kier alpha value is -3.07. The van der Waals surface area contributed by atoms with Crippen LogP contribution in [0, 0.1) is 0 Å². The fourth-order valence-electron chi connectivity index (χ4n) is 3.18. The van der Waals surface area contributed by atoms with Crippen LogP contribution in [0.25, 0.3) is 11.4 Å². The molecule has 0 spiro atoms. The normalized spacial score (nSPS) is 14.5. The summed E-state index contributed by atoms with van der Waals surface area (Å²) in [5.74, 6) is -1.58. The van der Waals surface area contributed by atoms with E-state index in [-0.39, 0.29) is 17.8 Å². The molecule has 30 heavy (non-hydrogen) atoms. The van der Waals surface area contributed by atoms with Gasteiger partial charge in [-0.3, -0.25) is 4.79 Å². The maximum Gasteiger partial charge on any atom is 0.471 e. The highest BCUT2D eigenvalue weighted by Gasteiger charge is 2.38. The molecule has 0 aliphatic carbocycles. The number of alkyl halides is 3. The van der Waals surface area contributed by atoms with Crippen LogP contribution in [-0.4, -0.2) is 47.1 Å². The van der Waals surface area contributed by atoms with Crippen LogP contribution in [0.3, 0.4) is 0 Å². The summed E-state index contributed by atoms with van der Waals surface area (Å²) in [6.07, 6.45) is -4.68. The molecule has 4 rings (SSSR count). The summed E-state index contributed by atoms with van der Waals surface area (Å²) in [5, 5.41) is 3.89. The molecule has 1 aromatic heterocycles. The van der Waals surface area contributed by atoms with Gasteiger partial charge >= 0.3 is 12.1 Å². The smallest absolute Gasteiger partial charge is 0.368 e. The van der Waals surface area contributed by atoms with E-state index in [0.29, 0.717) is 29.2 Å². The number of likely N-dealkylation sites (tertiary alicyclic amines) is 1. The van der Waals surface area contributed by atoms with Gasteiger partial charge in [-0.1, -0.05) is 22.8 Å². The van der Waals surface area contributed by atoms with Crippen molar-refractivity contribution >= 4 is 23.2 Å². The van der Waals surface area contributed by atoms with E-state index in [2.05, 4.69) is 14.7 Å². The van der Waals surface area contributed by atoms with Gasteiger partial charge in [0.25, 0.3) is 5.91 Å². The molecule has 1 amide bonds. The van der Waals surface area contributed by atoms with Crippen molar-refractivity contribution in [2.75, 3.05) is 25.0 Å². The number of rotatable bonds is 4. The van der Waals surface area contributed by atoms with Crippen LogP contribution in [0.4, 0.5) is 18.9 Å². The number of amides is 1. The number of anilines is 1. The molecule has 1 aliphatic rings. The van der Waals surface area contributed by atoms with E-state index >= 15 is 0 Å². The molecule has 6 nitrogen and oxygen atoms in total. The number of hydrogen-bond acceptors (Lipinski definition) is 5. The van der Waals surface area contributed by atoms with Crippen LogP contribution in [0.15, 0.2) is 53.1 Å². The van der Waals surface area contributed by atoms with E-state index in [1.54, 1.807) is 53.4 Å². The zero-order chi connectivity index (χ0) is 21.5. The number of benzene rings is 2. The van der Waals surface area contributed by atoms with Crippen molar-refractivity contribution in [3.8, 4) is 11.4 Å². The molecule has 1 aliphatic heterocycles. The van der Waals surface area contributed by atoms with Crippen LogP contribution in [0.1, 0.15) is 16.2 Å². The van der Waals surface area contributed by atoms with E-state index in [1.165, 1.54) is 0 Å². The van der Waals surface area contributed by atoms with Crippen LogP contribution >= 0.6 is 11.6 Å². The highest BCUT2D eigenvalue weighted by atomic mass is 35.5. The quantitative estimate of drug-likeness (QED) is 0.607. The zero-order valence-electron chi connectivity index (χ0n) is 15.7. The lowest BCUT2D eigenvalue weighted by molar-refractivity contribution is -0.159. The number of nitrogens with zero attached hydrogens (tertiary/aromatic N) is 4. The summed E-state index contributed by atoms with van der Waals surface area (Å²) < 4.78 is 42.1. The lowest BCUT2D eigenvalue weighted by Gasteiger charge is -2.45. The Kier molecular flexibility index (Phi) is 5.15. The topological polar surface area (TPSA) is 62.5 Å². The van der Waals surface area contributed by atoms with Gasteiger partial charge in [0.15, 0.2) is 0 Å². The molecule has 0 radical (unpaired) electrons. The van der Waals surface area contributed by atoms with Crippen molar-refractivity contribution in [3.05, 3.63) is 65.0 Å². The minimum Gasteiger partial charge on any atom is -0.368 e. The fraction of sp³-hybridized carbons (Fsp3) is 0.250. The van der Waals surface area contributed by atoms with Gasteiger partial charge in [-0.05, 0) is 42.5 Å². The van der Waals surface area contributed by atoms with Crippen LogP contribution in [-0.2, 0) is 6.18 Å². The Bertz CT molecular complexity index is 1060. The molecular formula is C20H16ClF3N4O2. The summed E-state index contributed by atoms with van der Waals surface area (Å²) >= 11 is 5.95. The summed E-state index contributed by atoms with van der Waals surface area (Å²) in [5.41, 5.74) is 1.82. The van der Waals surface area contributed by atoms with Gasteiger partial charge in [0.2, 0.25) is 5.82 Å². The van der Waals surface area contributed by atoms with Crippen molar-refractivity contribution in [2.45, 2.75) is 12.2 Å². The van der Waals surface area contributed by atoms with Crippen LogP contribution in [0.2, 0.25) is 5.02 Å². The van der Waals surface area contributed by atoms with Gasteiger partial charge in [0, 0.05) is 42.0 Å². The van der Waals surface area contributed by atoms with Crippen LogP contribution < -0.4 is 4.90 Å². The van der Waals surface area contributed by atoms with Crippen molar-refractivity contribution in [3.63, 3.8) is 0 Å². The summed E-state index contributed by atoms with van der Waals surface area (Å²) in [4.78, 5) is 19.6. The number of carbonyl (C=O) groups is 1. The van der Waals surface area contributed by atoms with E-state index in [0.717, 1.165) is 5.69 Å². The first-order valence-electron chi connectivity index (χ1n) is 9.01. The van der Waals surface area contributed by atoms with Crippen molar-refractivity contribution in [1.29, 1.82) is 0 Å². The third kappa shape index (κ3) is 3.97. The Morgan fingerprint density at radius 2 is 1.90 bits per heavy atom. The first-order valence-corrected chi connectivity index (χ1v) is 9.39. The van der Waals surface area contributed by atoms with E-state index in [4.69, 9.17) is 11.6 Å². The van der Waals surface area contributed by atoms with Gasteiger partial charge in [0.05, 0.1) is 6.04 Å². The Morgan fingerprint density at radius 1 is 1.20 bits per heavy atom. The molecule has 0 unspecified atom stereocenters. The third-order valence-corrected chi connectivity index (χ3v) is 5.21. The average Bonchev–Trinajstić information content (AvgIpc) is 3.17. The standard InChI is InChI=1S/C20H16ClF3N4O2/c1-27(16-10-28(11-16)18(29)13-3-2-4-14(21)9-13)15-7-5-12(6-8-15)17-25-19(30-26-17)20(22,23)24/h2-9,16H,10-11H2,1H3.